The SMILES string of the molecule is CC(=O)c1cccc(NC(=O)C2CCCCN2S(=O)(=O)c2cccs2)c1. The monoisotopic (exact) mass is 392 g/mol. The highest BCUT2D eigenvalue weighted by Crippen LogP contribution is 2.28. The fraction of sp³-hybridized carbons (Fsp3) is 0.333. The fourth-order valence-corrected chi connectivity index (χ4v) is 5.80. The summed E-state index contributed by atoms with van der Waals surface area (Å²) in [6.07, 6.45) is 2.00. The third-order valence-corrected chi connectivity index (χ3v) is 7.63. The number of carbonyl (C=O) groups is 2. The molecule has 0 saturated carbocycles. The number of benzene rings is 1. The van der Waals surface area contributed by atoms with Crippen molar-refractivity contribution >= 4 is 38.7 Å². The van der Waals surface area contributed by atoms with Gasteiger partial charge < -0.3 is 5.32 Å². The Kier molecular flexibility index (Phi) is 5.55. The zero-order valence-corrected chi connectivity index (χ0v) is 16.0. The molecular weight excluding hydrogens is 372 g/mol. The highest BCUT2D eigenvalue weighted by atomic mass is 32.2. The summed E-state index contributed by atoms with van der Waals surface area (Å²) in [7, 11) is -3.69. The number of Topliss-reactive ketones (excluding diaryl/α,β-unsaturated/α-hetero) is 1. The number of ketones is 1. The van der Waals surface area contributed by atoms with Crippen LogP contribution in [0.2, 0.25) is 0 Å². The summed E-state index contributed by atoms with van der Waals surface area (Å²) in [6.45, 7) is 1.78. The van der Waals surface area contributed by atoms with Gasteiger partial charge in [-0.15, -0.1) is 11.3 Å². The van der Waals surface area contributed by atoms with Gasteiger partial charge in [0.05, 0.1) is 0 Å². The van der Waals surface area contributed by atoms with Crippen LogP contribution in [0, 0.1) is 0 Å². The maximum atomic E-state index is 12.9. The molecule has 8 heteroatoms. The van der Waals surface area contributed by atoms with Gasteiger partial charge in [-0.25, -0.2) is 8.42 Å². The lowest BCUT2D eigenvalue weighted by atomic mass is 10.0. The highest BCUT2D eigenvalue weighted by molar-refractivity contribution is 7.91. The van der Waals surface area contributed by atoms with Crippen molar-refractivity contribution in [3.63, 3.8) is 0 Å². The van der Waals surface area contributed by atoms with Crippen LogP contribution in [0.4, 0.5) is 5.69 Å². The molecule has 1 aliphatic rings. The number of amides is 1. The lowest BCUT2D eigenvalue weighted by Crippen LogP contribution is -2.49. The summed E-state index contributed by atoms with van der Waals surface area (Å²) in [5, 5.41) is 4.47. The van der Waals surface area contributed by atoms with Crippen LogP contribution in [0.5, 0.6) is 0 Å². The number of nitrogens with zero attached hydrogens (tertiary/aromatic N) is 1. The number of rotatable bonds is 5. The first-order valence-electron chi connectivity index (χ1n) is 8.37. The number of hydrogen-bond donors (Lipinski definition) is 1. The van der Waals surface area contributed by atoms with Gasteiger partial charge in [-0.3, -0.25) is 9.59 Å². The van der Waals surface area contributed by atoms with Gasteiger partial charge >= 0.3 is 0 Å². The van der Waals surface area contributed by atoms with E-state index in [1.807, 2.05) is 0 Å². The Morgan fingerprint density at radius 3 is 2.69 bits per heavy atom. The van der Waals surface area contributed by atoms with Crippen molar-refractivity contribution in [2.24, 2.45) is 0 Å². The predicted octanol–water partition coefficient (Wildman–Crippen LogP) is 3.13. The molecule has 1 aliphatic heterocycles. The molecule has 0 aliphatic carbocycles. The van der Waals surface area contributed by atoms with Crippen molar-refractivity contribution in [3.05, 3.63) is 47.3 Å². The second-order valence-corrected chi connectivity index (χ2v) is 9.25. The fourth-order valence-electron chi connectivity index (χ4n) is 3.02. The van der Waals surface area contributed by atoms with Crippen molar-refractivity contribution < 1.29 is 18.0 Å². The third-order valence-electron chi connectivity index (χ3n) is 4.35. The van der Waals surface area contributed by atoms with Crippen molar-refractivity contribution in [2.45, 2.75) is 36.4 Å². The number of piperidine rings is 1. The summed E-state index contributed by atoms with van der Waals surface area (Å²) < 4.78 is 27.3. The molecule has 1 saturated heterocycles. The molecule has 0 bridgehead atoms. The maximum Gasteiger partial charge on any atom is 0.253 e. The Morgan fingerprint density at radius 2 is 2.00 bits per heavy atom. The molecule has 1 amide bonds. The van der Waals surface area contributed by atoms with E-state index in [0.29, 0.717) is 24.2 Å². The molecule has 6 nitrogen and oxygen atoms in total. The van der Waals surface area contributed by atoms with Gasteiger partial charge in [-0.1, -0.05) is 24.6 Å². The average molecular weight is 393 g/mol. The van der Waals surface area contributed by atoms with Crippen LogP contribution >= 0.6 is 11.3 Å². The van der Waals surface area contributed by atoms with E-state index < -0.39 is 16.1 Å². The molecule has 3 rings (SSSR count). The Hall–Kier alpha value is -2.03. The molecule has 2 heterocycles. The zero-order chi connectivity index (χ0) is 18.7. The van der Waals surface area contributed by atoms with Gasteiger partial charge in [0.25, 0.3) is 10.0 Å². The van der Waals surface area contributed by atoms with Crippen LogP contribution in [-0.4, -0.2) is 37.0 Å². The lowest BCUT2D eigenvalue weighted by Gasteiger charge is -2.33. The Morgan fingerprint density at radius 1 is 1.19 bits per heavy atom. The molecule has 0 spiro atoms. The maximum absolute atomic E-state index is 12.9. The van der Waals surface area contributed by atoms with Crippen LogP contribution in [0.1, 0.15) is 36.5 Å². The molecule has 1 fully saturated rings. The summed E-state index contributed by atoms with van der Waals surface area (Å²) >= 11 is 1.15. The van der Waals surface area contributed by atoms with E-state index in [9.17, 15) is 18.0 Å². The number of hydrogen-bond acceptors (Lipinski definition) is 5. The molecule has 26 heavy (non-hydrogen) atoms. The van der Waals surface area contributed by atoms with E-state index >= 15 is 0 Å². The van der Waals surface area contributed by atoms with E-state index in [4.69, 9.17) is 0 Å². The Bertz CT molecular complexity index is 907. The molecule has 2 aromatic rings. The largest absolute Gasteiger partial charge is 0.325 e. The minimum Gasteiger partial charge on any atom is -0.325 e. The molecule has 1 unspecified atom stereocenters. The summed E-state index contributed by atoms with van der Waals surface area (Å²) in [6, 6.07) is 9.13. The van der Waals surface area contributed by atoms with Crippen LogP contribution in [0.3, 0.4) is 0 Å². The van der Waals surface area contributed by atoms with E-state index in [1.54, 1.807) is 41.8 Å². The summed E-state index contributed by atoms with van der Waals surface area (Å²) in [4.78, 5) is 24.3. The Labute approximate surface area is 156 Å². The van der Waals surface area contributed by atoms with E-state index in [0.717, 1.165) is 24.2 Å². The molecule has 1 atom stereocenters. The molecule has 1 aromatic heterocycles. The van der Waals surface area contributed by atoms with E-state index in [2.05, 4.69) is 5.32 Å². The number of anilines is 1. The van der Waals surface area contributed by atoms with Gasteiger partial charge in [-0.05, 0) is 43.3 Å². The molecule has 1 aromatic carbocycles. The first kappa shape index (κ1) is 18.8. The first-order chi connectivity index (χ1) is 12.4. The van der Waals surface area contributed by atoms with Gasteiger partial charge in [0.1, 0.15) is 10.3 Å². The molecule has 138 valence electrons. The topological polar surface area (TPSA) is 83.6 Å². The number of nitrogens with one attached hydrogen (secondary N) is 1. The second kappa shape index (κ2) is 7.69. The van der Waals surface area contributed by atoms with E-state index in [-0.39, 0.29) is 15.9 Å². The molecule has 1 N–H and O–H groups in total. The number of carbonyl (C=O) groups excluding carboxylic acids is 2. The lowest BCUT2D eigenvalue weighted by molar-refractivity contribution is -0.120. The zero-order valence-electron chi connectivity index (χ0n) is 14.3. The smallest absolute Gasteiger partial charge is 0.253 e. The quantitative estimate of drug-likeness (QED) is 0.793. The Balaban J connectivity index is 1.83. The van der Waals surface area contributed by atoms with Crippen LogP contribution in [0.25, 0.3) is 0 Å². The van der Waals surface area contributed by atoms with Gasteiger partial charge in [0.2, 0.25) is 5.91 Å². The normalized spacial score (nSPS) is 18.4. The predicted molar refractivity (Wildman–Crippen MR) is 101 cm³/mol. The highest BCUT2D eigenvalue weighted by Gasteiger charge is 2.38. The van der Waals surface area contributed by atoms with E-state index in [1.165, 1.54) is 11.2 Å². The van der Waals surface area contributed by atoms with Gasteiger partial charge in [0, 0.05) is 17.8 Å². The van der Waals surface area contributed by atoms with Gasteiger partial charge in [-0.2, -0.15) is 4.31 Å². The van der Waals surface area contributed by atoms with Crippen molar-refractivity contribution in [3.8, 4) is 0 Å². The van der Waals surface area contributed by atoms with Crippen LogP contribution in [-0.2, 0) is 14.8 Å². The summed E-state index contributed by atoms with van der Waals surface area (Å²) in [5.41, 5.74) is 0.983. The second-order valence-electron chi connectivity index (χ2n) is 6.19. The number of sulfonamides is 1. The minimum atomic E-state index is -3.69. The molecule has 0 radical (unpaired) electrons. The molecular formula is C18H20N2O4S2. The van der Waals surface area contributed by atoms with Crippen molar-refractivity contribution in [1.29, 1.82) is 0 Å². The van der Waals surface area contributed by atoms with Crippen molar-refractivity contribution in [2.75, 3.05) is 11.9 Å². The van der Waals surface area contributed by atoms with Crippen LogP contribution < -0.4 is 5.32 Å². The van der Waals surface area contributed by atoms with Crippen LogP contribution in [0.15, 0.2) is 46.0 Å². The first-order valence-corrected chi connectivity index (χ1v) is 10.7. The number of thiophene rings is 1. The average Bonchev–Trinajstić information content (AvgIpc) is 3.17. The standard InChI is InChI=1S/C18H20N2O4S2/c1-13(21)14-6-4-7-15(12-14)19-18(22)16-8-2-3-10-20(16)26(23,24)17-9-5-11-25-17/h4-7,9,11-12,16H,2-3,8,10H2,1H3,(H,19,22). The summed E-state index contributed by atoms with van der Waals surface area (Å²) in [5.74, 6) is -0.466. The third kappa shape index (κ3) is 3.87. The van der Waals surface area contributed by atoms with Gasteiger partial charge in [0.15, 0.2) is 5.78 Å². The minimum absolute atomic E-state index is 0.0966. The van der Waals surface area contributed by atoms with Crippen molar-refractivity contribution in [1.82, 2.24) is 4.31 Å².